The van der Waals surface area contributed by atoms with E-state index < -0.39 is 11.7 Å². The topological polar surface area (TPSA) is 38.3 Å². The van der Waals surface area contributed by atoms with Gasteiger partial charge in [-0.25, -0.2) is 4.79 Å². The molecule has 0 radical (unpaired) electrons. The maximum Gasteiger partial charge on any atom is 0.412 e. The monoisotopic (exact) mass is 267 g/mol. The second-order valence-corrected chi connectivity index (χ2v) is 4.49. The van der Waals surface area contributed by atoms with Crippen molar-refractivity contribution in [2.24, 2.45) is 0 Å². The molecule has 0 fully saturated rings. The summed E-state index contributed by atoms with van der Waals surface area (Å²) in [4.78, 5) is 11.4. The van der Waals surface area contributed by atoms with Crippen LogP contribution in [0.15, 0.2) is 24.3 Å². The van der Waals surface area contributed by atoms with E-state index in [-0.39, 0.29) is 0 Å². The third kappa shape index (κ3) is 11.3. The Kier molecular flexibility index (Phi) is 10.9. The van der Waals surface area contributed by atoms with Crippen LogP contribution in [0.1, 0.15) is 54.0 Å². The molecule has 0 atom stereocenters. The van der Waals surface area contributed by atoms with E-state index in [1.54, 1.807) is 0 Å². The average molecular weight is 267 g/mol. The fourth-order valence-corrected chi connectivity index (χ4v) is 1.06. The Hall–Kier alpha value is -1.51. The second-order valence-electron chi connectivity index (χ2n) is 4.49. The van der Waals surface area contributed by atoms with E-state index in [9.17, 15) is 4.79 Å². The van der Waals surface area contributed by atoms with Crippen LogP contribution in [0, 0.1) is 6.92 Å². The van der Waals surface area contributed by atoms with Gasteiger partial charge in [-0.15, -0.1) is 0 Å². The summed E-state index contributed by atoms with van der Waals surface area (Å²) in [7, 11) is 0. The van der Waals surface area contributed by atoms with Crippen molar-refractivity contribution in [2.75, 3.05) is 5.32 Å². The molecule has 0 saturated carbocycles. The van der Waals surface area contributed by atoms with Crippen LogP contribution in [0.4, 0.5) is 10.5 Å². The van der Waals surface area contributed by atoms with Crippen LogP contribution in [0.5, 0.6) is 0 Å². The number of carbonyl (C=O) groups excluding carboxylic acids is 1. The first kappa shape index (κ1) is 19.8. The number of benzene rings is 1. The summed E-state index contributed by atoms with van der Waals surface area (Å²) in [5.74, 6) is 0. The van der Waals surface area contributed by atoms with Crippen LogP contribution in [-0.4, -0.2) is 11.7 Å². The molecule has 0 unspecified atom stereocenters. The highest BCUT2D eigenvalue weighted by atomic mass is 16.6. The Morgan fingerprint density at radius 2 is 1.42 bits per heavy atom. The van der Waals surface area contributed by atoms with Gasteiger partial charge in [-0.05, 0) is 39.8 Å². The zero-order valence-corrected chi connectivity index (χ0v) is 13.6. The zero-order valence-electron chi connectivity index (χ0n) is 13.6. The van der Waals surface area contributed by atoms with Gasteiger partial charge in [0.2, 0.25) is 0 Å². The number of anilines is 1. The summed E-state index contributed by atoms with van der Waals surface area (Å²) in [6.07, 6.45) is -0.425. The lowest BCUT2D eigenvalue weighted by molar-refractivity contribution is 0.0636. The van der Waals surface area contributed by atoms with Gasteiger partial charge in [0.25, 0.3) is 0 Å². The number of nitrogens with one attached hydrogen (secondary N) is 1. The molecule has 0 aliphatic heterocycles. The minimum atomic E-state index is -0.464. The molecule has 3 heteroatoms. The summed E-state index contributed by atoms with van der Waals surface area (Å²) in [5, 5.41) is 2.66. The standard InChI is InChI=1S/C12H17NO2.2C2H6/c1-9-5-7-10(8-6-9)13-11(14)15-12(2,3)4;2*1-2/h5-8H,1-4H3,(H,13,14);2*1-2H3. The highest BCUT2D eigenvalue weighted by Gasteiger charge is 2.15. The largest absolute Gasteiger partial charge is 0.444 e. The van der Waals surface area contributed by atoms with Gasteiger partial charge in [0.15, 0.2) is 0 Å². The highest BCUT2D eigenvalue weighted by molar-refractivity contribution is 5.84. The molecule has 0 heterocycles. The van der Waals surface area contributed by atoms with Crippen LogP contribution in [0.25, 0.3) is 0 Å². The van der Waals surface area contributed by atoms with Gasteiger partial charge < -0.3 is 4.74 Å². The molecule has 3 nitrogen and oxygen atoms in total. The van der Waals surface area contributed by atoms with Crippen molar-refractivity contribution in [1.82, 2.24) is 0 Å². The number of amides is 1. The first-order valence-corrected chi connectivity index (χ1v) is 6.93. The van der Waals surface area contributed by atoms with Gasteiger partial charge in [-0.3, -0.25) is 5.32 Å². The molecule has 110 valence electrons. The van der Waals surface area contributed by atoms with E-state index in [4.69, 9.17) is 4.74 Å². The fourth-order valence-electron chi connectivity index (χ4n) is 1.06. The fraction of sp³-hybridized carbons (Fsp3) is 0.562. The summed E-state index contributed by atoms with van der Waals surface area (Å²) < 4.78 is 5.12. The summed E-state index contributed by atoms with van der Waals surface area (Å²) in [5.41, 5.74) is 1.44. The predicted octanol–water partition coefficient (Wildman–Crippen LogP) is 5.39. The number of rotatable bonds is 1. The number of aryl methyl sites for hydroxylation is 1. The maximum absolute atomic E-state index is 11.4. The van der Waals surface area contributed by atoms with Crippen molar-refractivity contribution < 1.29 is 9.53 Å². The van der Waals surface area contributed by atoms with Gasteiger partial charge in [0.05, 0.1) is 0 Å². The molecule has 0 spiro atoms. The molecular formula is C16H29NO2. The van der Waals surface area contributed by atoms with E-state index in [2.05, 4.69) is 5.32 Å². The lowest BCUT2D eigenvalue weighted by Crippen LogP contribution is -2.27. The SMILES string of the molecule is CC.CC.Cc1ccc(NC(=O)OC(C)(C)C)cc1. The predicted molar refractivity (Wildman–Crippen MR) is 83.7 cm³/mol. The van der Waals surface area contributed by atoms with Gasteiger partial charge in [-0.1, -0.05) is 45.4 Å². The summed E-state index contributed by atoms with van der Waals surface area (Å²) in [6, 6.07) is 7.57. The van der Waals surface area contributed by atoms with Gasteiger partial charge in [-0.2, -0.15) is 0 Å². The Bertz CT molecular complexity index is 337. The maximum atomic E-state index is 11.4. The molecule has 1 N–H and O–H groups in total. The molecule has 1 aromatic rings. The van der Waals surface area contributed by atoms with Crippen LogP contribution >= 0.6 is 0 Å². The summed E-state index contributed by atoms with van der Waals surface area (Å²) in [6.45, 7) is 15.5. The quantitative estimate of drug-likeness (QED) is 0.740. The lowest BCUT2D eigenvalue weighted by Gasteiger charge is -2.19. The van der Waals surface area contributed by atoms with E-state index >= 15 is 0 Å². The minimum Gasteiger partial charge on any atom is -0.444 e. The Labute approximate surface area is 118 Å². The second kappa shape index (κ2) is 10.4. The number of hydrogen-bond donors (Lipinski definition) is 1. The van der Waals surface area contributed by atoms with Crippen LogP contribution in [0.2, 0.25) is 0 Å². The first-order valence-electron chi connectivity index (χ1n) is 6.93. The minimum absolute atomic E-state index is 0.425. The van der Waals surface area contributed by atoms with Crippen LogP contribution < -0.4 is 5.32 Å². The van der Waals surface area contributed by atoms with E-state index in [0.29, 0.717) is 0 Å². The molecular weight excluding hydrogens is 238 g/mol. The molecule has 1 amide bonds. The van der Waals surface area contributed by atoms with Gasteiger partial charge >= 0.3 is 6.09 Å². The van der Waals surface area contributed by atoms with Gasteiger partial charge in [0, 0.05) is 5.69 Å². The van der Waals surface area contributed by atoms with Crippen LogP contribution in [0.3, 0.4) is 0 Å². The molecule has 0 aliphatic carbocycles. The normalized spacial score (nSPS) is 9.26. The number of ether oxygens (including phenoxy) is 1. The third-order valence-electron chi connectivity index (χ3n) is 1.70. The Morgan fingerprint density at radius 3 is 1.79 bits per heavy atom. The summed E-state index contributed by atoms with van der Waals surface area (Å²) >= 11 is 0. The van der Waals surface area contributed by atoms with Crippen molar-refractivity contribution in [3.8, 4) is 0 Å². The molecule has 0 saturated heterocycles. The van der Waals surface area contributed by atoms with Crippen molar-refractivity contribution in [2.45, 2.75) is 61.0 Å². The number of carbonyl (C=O) groups is 1. The first-order chi connectivity index (χ1) is 8.87. The average Bonchev–Trinajstić information content (AvgIpc) is 2.35. The van der Waals surface area contributed by atoms with Crippen LogP contribution in [-0.2, 0) is 4.74 Å². The molecule has 0 bridgehead atoms. The lowest BCUT2D eigenvalue weighted by atomic mass is 10.2. The zero-order chi connectivity index (χ0) is 15.5. The smallest absolute Gasteiger partial charge is 0.412 e. The third-order valence-corrected chi connectivity index (χ3v) is 1.70. The van der Waals surface area contributed by atoms with E-state index in [0.717, 1.165) is 11.3 Å². The van der Waals surface area contributed by atoms with Crippen molar-refractivity contribution in [3.63, 3.8) is 0 Å². The van der Waals surface area contributed by atoms with E-state index in [1.807, 2.05) is 79.7 Å². The number of hydrogen-bond acceptors (Lipinski definition) is 2. The molecule has 1 aromatic carbocycles. The Morgan fingerprint density at radius 1 is 1.00 bits per heavy atom. The molecule has 1 rings (SSSR count). The van der Waals surface area contributed by atoms with E-state index in [1.165, 1.54) is 0 Å². The highest BCUT2D eigenvalue weighted by Crippen LogP contribution is 2.12. The molecule has 19 heavy (non-hydrogen) atoms. The Balaban J connectivity index is 0. The van der Waals surface area contributed by atoms with Crippen molar-refractivity contribution in [1.29, 1.82) is 0 Å². The molecule has 0 aromatic heterocycles. The van der Waals surface area contributed by atoms with Crippen molar-refractivity contribution in [3.05, 3.63) is 29.8 Å². The molecule has 0 aliphatic rings. The van der Waals surface area contributed by atoms with Crippen molar-refractivity contribution >= 4 is 11.8 Å². The van der Waals surface area contributed by atoms with Gasteiger partial charge in [0.1, 0.15) is 5.60 Å².